The SMILES string of the molecule is CC1(C)S[C@@H]2[C@H](NC(=O)C(NC(=O)CN=C(N)c3ccc(Cl)cc3)c3ccccc3)C(=O)N2[C@H]1C(=O)O. The number of carbonyl (C=O) groups is 4. The molecule has 0 bridgehead atoms. The third-order valence-corrected chi connectivity index (χ3v) is 8.03. The van der Waals surface area contributed by atoms with Crippen LogP contribution in [0.1, 0.15) is 31.0 Å². The fourth-order valence-electron chi connectivity index (χ4n) is 4.40. The van der Waals surface area contributed by atoms with Gasteiger partial charge in [0.05, 0.1) is 0 Å². The van der Waals surface area contributed by atoms with Crippen molar-refractivity contribution in [1.82, 2.24) is 15.5 Å². The maximum absolute atomic E-state index is 13.3. The van der Waals surface area contributed by atoms with E-state index >= 15 is 0 Å². The van der Waals surface area contributed by atoms with Gasteiger partial charge in [0, 0.05) is 15.3 Å². The van der Waals surface area contributed by atoms with E-state index in [1.165, 1.54) is 16.7 Å². The van der Waals surface area contributed by atoms with Crippen LogP contribution in [0.5, 0.6) is 0 Å². The number of carboxylic acids is 1. The van der Waals surface area contributed by atoms with Crippen LogP contribution >= 0.6 is 23.4 Å². The first kappa shape index (κ1) is 26.5. The summed E-state index contributed by atoms with van der Waals surface area (Å²) in [5, 5.41) is 15.0. The Labute approximate surface area is 222 Å². The summed E-state index contributed by atoms with van der Waals surface area (Å²) in [5.74, 6) is -2.57. The molecule has 0 aliphatic carbocycles. The van der Waals surface area contributed by atoms with E-state index < -0.39 is 51.9 Å². The highest BCUT2D eigenvalue weighted by Gasteiger charge is 2.64. The van der Waals surface area contributed by atoms with Crippen molar-refractivity contribution in [2.75, 3.05) is 6.54 Å². The number of hydrogen-bond donors (Lipinski definition) is 4. The van der Waals surface area contributed by atoms with Gasteiger partial charge in [-0.15, -0.1) is 11.8 Å². The van der Waals surface area contributed by atoms with Gasteiger partial charge in [-0.2, -0.15) is 0 Å². The summed E-state index contributed by atoms with van der Waals surface area (Å²) in [6, 6.07) is 12.2. The molecule has 1 unspecified atom stereocenters. The van der Waals surface area contributed by atoms with E-state index in [0.29, 0.717) is 16.1 Å². The molecule has 2 saturated heterocycles. The lowest BCUT2D eigenvalue weighted by Crippen LogP contribution is -2.71. The van der Waals surface area contributed by atoms with Crippen LogP contribution in [0.4, 0.5) is 0 Å². The minimum absolute atomic E-state index is 0.140. The molecule has 0 radical (unpaired) electrons. The number of amidine groups is 1. The number of aliphatic imine (C=N–C) groups is 1. The first-order chi connectivity index (χ1) is 17.5. The number of carbonyl (C=O) groups excluding carboxylic acids is 3. The minimum Gasteiger partial charge on any atom is -0.480 e. The Hall–Kier alpha value is -3.57. The average molecular weight is 544 g/mol. The van der Waals surface area contributed by atoms with Crippen LogP contribution in [-0.2, 0) is 19.2 Å². The van der Waals surface area contributed by atoms with Crippen LogP contribution in [0.15, 0.2) is 59.6 Å². The topological polar surface area (TPSA) is 154 Å². The van der Waals surface area contributed by atoms with Gasteiger partial charge in [0.1, 0.15) is 35.9 Å². The maximum atomic E-state index is 13.3. The van der Waals surface area contributed by atoms with Crippen LogP contribution in [0.3, 0.4) is 0 Å². The minimum atomic E-state index is -1.10. The highest BCUT2D eigenvalue weighted by atomic mass is 35.5. The standard InChI is InChI=1S/C25H26ClN5O5S/c1-25(2)19(24(35)36)31-22(34)18(23(31)37-25)30-21(33)17(13-6-4-3-5-7-13)29-16(32)12-28-20(27)14-8-10-15(26)11-9-14/h3-11,17-19,23H,12H2,1-2H3,(H2,27,28)(H,29,32)(H,30,33)(H,35,36)/t17?,18-,19+,23-/m1/s1. The van der Waals surface area contributed by atoms with E-state index in [1.54, 1.807) is 68.4 Å². The second kappa shape index (κ2) is 10.4. The average Bonchev–Trinajstić information content (AvgIpc) is 3.13. The number of halogens is 1. The summed E-state index contributed by atoms with van der Waals surface area (Å²) < 4.78 is -0.722. The number of benzene rings is 2. The lowest BCUT2D eigenvalue weighted by atomic mass is 9.95. The summed E-state index contributed by atoms with van der Waals surface area (Å²) in [4.78, 5) is 56.0. The van der Waals surface area contributed by atoms with Crippen LogP contribution in [0.25, 0.3) is 0 Å². The first-order valence-corrected chi connectivity index (χ1v) is 12.7. The number of nitrogens with zero attached hydrogens (tertiary/aromatic N) is 2. The summed E-state index contributed by atoms with van der Waals surface area (Å²) >= 11 is 7.20. The van der Waals surface area contributed by atoms with Gasteiger partial charge in [-0.1, -0.05) is 41.9 Å². The fraction of sp³-hybridized carbons (Fsp3) is 0.320. The van der Waals surface area contributed by atoms with Gasteiger partial charge in [0.2, 0.25) is 17.7 Å². The molecule has 0 aromatic heterocycles. The third-order valence-electron chi connectivity index (χ3n) is 6.21. The van der Waals surface area contributed by atoms with E-state index in [1.807, 2.05) is 0 Å². The normalized spacial score (nSPS) is 23.0. The lowest BCUT2D eigenvalue weighted by Gasteiger charge is -2.44. The molecule has 2 aromatic rings. The fourth-order valence-corrected chi connectivity index (χ4v) is 6.15. The molecule has 37 heavy (non-hydrogen) atoms. The monoisotopic (exact) mass is 543 g/mol. The number of β-lactam (4-membered cyclic amide) rings is 1. The predicted molar refractivity (Wildman–Crippen MR) is 140 cm³/mol. The van der Waals surface area contributed by atoms with Crippen molar-refractivity contribution in [3.63, 3.8) is 0 Å². The molecule has 194 valence electrons. The van der Waals surface area contributed by atoms with Crippen LogP contribution in [0.2, 0.25) is 5.02 Å². The van der Waals surface area contributed by atoms with Gasteiger partial charge in [0.25, 0.3) is 0 Å². The zero-order chi connectivity index (χ0) is 26.9. The Morgan fingerprint density at radius 2 is 1.81 bits per heavy atom. The highest BCUT2D eigenvalue weighted by molar-refractivity contribution is 8.01. The molecule has 5 N–H and O–H groups in total. The molecule has 2 fully saturated rings. The van der Waals surface area contributed by atoms with Crippen LogP contribution in [0, 0.1) is 0 Å². The van der Waals surface area contributed by atoms with Crippen molar-refractivity contribution >= 4 is 52.9 Å². The molecule has 4 rings (SSSR count). The molecule has 2 aromatic carbocycles. The Balaban J connectivity index is 1.46. The summed E-state index contributed by atoms with van der Waals surface area (Å²) in [6.07, 6.45) is 0. The zero-order valence-electron chi connectivity index (χ0n) is 20.1. The van der Waals surface area contributed by atoms with Crippen molar-refractivity contribution in [3.05, 3.63) is 70.7 Å². The number of fused-ring (bicyclic) bond motifs is 1. The summed E-state index contributed by atoms with van der Waals surface area (Å²) in [7, 11) is 0. The van der Waals surface area contributed by atoms with Gasteiger partial charge in [-0.3, -0.25) is 19.4 Å². The first-order valence-electron chi connectivity index (χ1n) is 11.4. The Kier molecular flexibility index (Phi) is 7.47. The number of nitrogens with one attached hydrogen (secondary N) is 2. The van der Waals surface area contributed by atoms with E-state index in [4.69, 9.17) is 17.3 Å². The largest absolute Gasteiger partial charge is 0.480 e. The molecular formula is C25H26ClN5O5S. The van der Waals surface area contributed by atoms with Crippen molar-refractivity contribution in [3.8, 4) is 0 Å². The number of thioether (sulfide) groups is 1. The van der Waals surface area contributed by atoms with Gasteiger partial charge >= 0.3 is 5.97 Å². The smallest absolute Gasteiger partial charge is 0.327 e. The van der Waals surface area contributed by atoms with E-state index in [2.05, 4.69) is 15.6 Å². The molecule has 2 aliphatic heterocycles. The molecule has 10 nitrogen and oxygen atoms in total. The van der Waals surface area contributed by atoms with Crippen molar-refractivity contribution in [1.29, 1.82) is 0 Å². The molecule has 3 amide bonds. The van der Waals surface area contributed by atoms with Gasteiger partial charge in [0.15, 0.2) is 0 Å². The van der Waals surface area contributed by atoms with E-state index in [9.17, 15) is 24.3 Å². The molecule has 12 heteroatoms. The zero-order valence-corrected chi connectivity index (χ0v) is 21.6. The number of carboxylic acid groups (broad SMARTS) is 1. The lowest BCUT2D eigenvalue weighted by molar-refractivity contribution is -0.161. The Bertz CT molecular complexity index is 1250. The molecule has 4 atom stereocenters. The van der Waals surface area contributed by atoms with E-state index in [-0.39, 0.29) is 12.4 Å². The van der Waals surface area contributed by atoms with Crippen molar-refractivity contribution < 1.29 is 24.3 Å². The summed E-state index contributed by atoms with van der Waals surface area (Å²) in [6.45, 7) is 3.18. The summed E-state index contributed by atoms with van der Waals surface area (Å²) in [5.41, 5.74) is 7.07. The van der Waals surface area contributed by atoms with Crippen LogP contribution < -0.4 is 16.4 Å². The molecule has 0 spiro atoms. The molecule has 2 aliphatic rings. The number of amides is 3. The highest BCUT2D eigenvalue weighted by Crippen LogP contribution is 2.50. The quantitative estimate of drug-likeness (QED) is 0.224. The van der Waals surface area contributed by atoms with Crippen LogP contribution in [-0.4, -0.2) is 68.3 Å². The van der Waals surface area contributed by atoms with Gasteiger partial charge in [-0.25, -0.2) is 4.79 Å². The van der Waals surface area contributed by atoms with Gasteiger partial charge in [-0.05, 0) is 43.7 Å². The van der Waals surface area contributed by atoms with Gasteiger partial charge < -0.3 is 26.4 Å². The predicted octanol–water partition coefficient (Wildman–Crippen LogP) is 1.53. The molecule has 2 heterocycles. The van der Waals surface area contributed by atoms with Crippen molar-refractivity contribution in [2.24, 2.45) is 10.7 Å². The Morgan fingerprint density at radius 1 is 1.16 bits per heavy atom. The molecular weight excluding hydrogens is 518 g/mol. The van der Waals surface area contributed by atoms with Crippen molar-refractivity contribution in [2.45, 2.75) is 42.1 Å². The number of rotatable bonds is 8. The molecule has 0 saturated carbocycles. The Morgan fingerprint density at radius 3 is 2.43 bits per heavy atom. The maximum Gasteiger partial charge on any atom is 0.327 e. The number of hydrogen-bond acceptors (Lipinski definition) is 6. The second-order valence-electron chi connectivity index (χ2n) is 9.20. The number of aliphatic carboxylic acids is 1. The van der Waals surface area contributed by atoms with E-state index in [0.717, 1.165) is 0 Å². The number of nitrogens with two attached hydrogens (primary N) is 1. The second-order valence-corrected chi connectivity index (χ2v) is 11.4. The third kappa shape index (κ3) is 5.42.